The van der Waals surface area contributed by atoms with E-state index in [2.05, 4.69) is 242 Å². The summed E-state index contributed by atoms with van der Waals surface area (Å²) in [4.78, 5) is 4.63. The molecular weight excluding hydrogens is 653 g/mol. The molecule has 0 amide bonds. The van der Waals surface area contributed by atoms with E-state index in [1.165, 1.54) is 67.3 Å². The van der Waals surface area contributed by atoms with Gasteiger partial charge in [-0.1, -0.05) is 194 Å². The van der Waals surface area contributed by atoms with E-state index in [1.807, 2.05) is 0 Å². The zero-order valence-electron chi connectivity index (χ0n) is 30.7. The van der Waals surface area contributed by atoms with E-state index in [-0.39, 0.29) is 10.8 Å². The standard InChI is InChI=1S/2C26H21N/c2*1-27-24-18-10-8-16-22(24)26(20-12-4-2-5-13-20,21-14-6-3-7-15-21)23-17-9-11-19-25(23)27/h2*2-19H,1H3. The van der Waals surface area contributed by atoms with Crippen molar-refractivity contribution in [3.63, 3.8) is 0 Å². The summed E-state index contributed by atoms with van der Waals surface area (Å²) in [5.74, 6) is 0. The fourth-order valence-electron chi connectivity index (χ4n) is 9.21. The lowest BCUT2D eigenvalue weighted by molar-refractivity contribution is 0.727. The molecule has 2 heterocycles. The maximum Gasteiger partial charge on any atom is 0.0742 e. The van der Waals surface area contributed by atoms with Crippen LogP contribution in [-0.2, 0) is 10.8 Å². The summed E-state index contributed by atoms with van der Waals surface area (Å²) in [7, 11) is 4.33. The molecule has 0 saturated carbocycles. The quantitative estimate of drug-likeness (QED) is 0.181. The molecule has 0 atom stereocenters. The van der Waals surface area contributed by atoms with Gasteiger partial charge in [-0.25, -0.2) is 0 Å². The van der Waals surface area contributed by atoms with Crippen molar-refractivity contribution in [2.24, 2.45) is 0 Å². The van der Waals surface area contributed by atoms with E-state index in [1.54, 1.807) is 0 Å². The third kappa shape index (κ3) is 5.02. The van der Waals surface area contributed by atoms with Gasteiger partial charge in [0, 0.05) is 36.8 Å². The topological polar surface area (TPSA) is 6.48 Å². The second-order valence-corrected chi connectivity index (χ2v) is 14.2. The van der Waals surface area contributed by atoms with Gasteiger partial charge in [0.2, 0.25) is 0 Å². The van der Waals surface area contributed by atoms with Gasteiger partial charge in [-0.05, 0) is 68.8 Å². The van der Waals surface area contributed by atoms with Gasteiger partial charge < -0.3 is 9.80 Å². The first kappa shape index (κ1) is 33.2. The van der Waals surface area contributed by atoms with Crippen molar-refractivity contribution < 1.29 is 0 Å². The van der Waals surface area contributed by atoms with Gasteiger partial charge in [0.15, 0.2) is 0 Å². The molecule has 0 bridgehead atoms. The van der Waals surface area contributed by atoms with Crippen LogP contribution in [0.4, 0.5) is 22.7 Å². The number of hydrogen-bond acceptors (Lipinski definition) is 2. The number of anilines is 4. The number of hydrogen-bond donors (Lipinski definition) is 0. The van der Waals surface area contributed by atoms with Gasteiger partial charge in [-0.15, -0.1) is 0 Å². The number of rotatable bonds is 4. The van der Waals surface area contributed by atoms with E-state index >= 15 is 0 Å². The predicted molar refractivity (Wildman–Crippen MR) is 226 cm³/mol. The molecule has 0 saturated heterocycles. The van der Waals surface area contributed by atoms with Crippen LogP contribution in [0.2, 0.25) is 0 Å². The lowest BCUT2D eigenvalue weighted by atomic mass is 9.62. The minimum Gasteiger partial charge on any atom is -0.344 e. The average molecular weight is 695 g/mol. The summed E-state index contributed by atoms with van der Waals surface area (Å²) < 4.78 is 0. The van der Waals surface area contributed by atoms with Gasteiger partial charge in [-0.2, -0.15) is 0 Å². The Morgan fingerprint density at radius 2 is 0.426 bits per heavy atom. The van der Waals surface area contributed by atoms with E-state index < -0.39 is 0 Å². The SMILES string of the molecule is CN1c2ccccc2C(c2ccccc2)(c2ccccc2)c2ccccc21.CN1c2ccccc2C(c2ccccc2)(c2ccccc2)c2ccccc21. The molecule has 8 aromatic rings. The summed E-state index contributed by atoms with van der Waals surface area (Å²) in [6.07, 6.45) is 0. The van der Waals surface area contributed by atoms with Crippen LogP contribution in [0.1, 0.15) is 44.5 Å². The Balaban J connectivity index is 0.000000142. The molecule has 2 heteroatoms. The maximum absolute atomic E-state index is 2.31. The highest BCUT2D eigenvalue weighted by molar-refractivity contribution is 5.84. The Labute approximate surface area is 319 Å². The molecule has 2 nitrogen and oxygen atoms in total. The third-order valence-electron chi connectivity index (χ3n) is 11.5. The highest BCUT2D eigenvalue weighted by Crippen LogP contribution is 2.56. The number of fused-ring (bicyclic) bond motifs is 4. The fourth-order valence-corrected chi connectivity index (χ4v) is 9.21. The summed E-state index contributed by atoms with van der Waals surface area (Å²) in [5.41, 5.74) is 14.8. The molecule has 2 aliphatic heterocycles. The van der Waals surface area contributed by atoms with Crippen LogP contribution in [0.3, 0.4) is 0 Å². The lowest BCUT2D eigenvalue weighted by Crippen LogP contribution is -2.37. The molecule has 0 spiro atoms. The average Bonchev–Trinajstić information content (AvgIpc) is 3.26. The van der Waals surface area contributed by atoms with Crippen molar-refractivity contribution in [2.75, 3.05) is 23.9 Å². The number of nitrogens with zero attached hydrogens (tertiary/aromatic N) is 2. The van der Waals surface area contributed by atoms with Crippen molar-refractivity contribution in [3.8, 4) is 0 Å². The minimum absolute atomic E-state index is 0.331. The molecule has 8 aromatic carbocycles. The minimum atomic E-state index is -0.331. The Morgan fingerprint density at radius 1 is 0.241 bits per heavy atom. The molecule has 0 unspecified atom stereocenters. The summed E-state index contributed by atoms with van der Waals surface area (Å²) in [6.45, 7) is 0. The van der Waals surface area contributed by atoms with Crippen LogP contribution in [0, 0.1) is 0 Å². The monoisotopic (exact) mass is 694 g/mol. The largest absolute Gasteiger partial charge is 0.344 e. The summed E-state index contributed by atoms with van der Waals surface area (Å²) in [5, 5.41) is 0. The predicted octanol–water partition coefficient (Wildman–Crippen LogP) is 12.3. The summed E-state index contributed by atoms with van der Waals surface area (Å²) >= 11 is 0. The van der Waals surface area contributed by atoms with Crippen molar-refractivity contribution in [1.82, 2.24) is 0 Å². The van der Waals surface area contributed by atoms with E-state index in [0.29, 0.717) is 0 Å². The Hall–Kier alpha value is -6.64. The van der Waals surface area contributed by atoms with Gasteiger partial charge >= 0.3 is 0 Å². The zero-order valence-corrected chi connectivity index (χ0v) is 30.7. The summed E-state index contributed by atoms with van der Waals surface area (Å²) in [6, 6.07) is 78.7. The second-order valence-electron chi connectivity index (χ2n) is 14.2. The van der Waals surface area contributed by atoms with Crippen LogP contribution in [-0.4, -0.2) is 14.1 Å². The molecule has 0 radical (unpaired) electrons. The molecule has 54 heavy (non-hydrogen) atoms. The first-order valence-electron chi connectivity index (χ1n) is 18.7. The van der Waals surface area contributed by atoms with Crippen molar-refractivity contribution in [3.05, 3.63) is 263 Å². The van der Waals surface area contributed by atoms with E-state index in [0.717, 1.165) is 0 Å². The molecule has 260 valence electrons. The molecule has 0 aromatic heterocycles. The van der Waals surface area contributed by atoms with Gasteiger partial charge in [0.1, 0.15) is 0 Å². The first-order chi connectivity index (χ1) is 26.7. The number of benzene rings is 8. The lowest BCUT2D eigenvalue weighted by Gasteiger charge is -2.45. The van der Waals surface area contributed by atoms with Gasteiger partial charge in [0.25, 0.3) is 0 Å². The third-order valence-corrected chi connectivity index (χ3v) is 11.5. The molecular formula is C52H42N2. The Bertz CT molecular complexity index is 2170. The highest BCUT2D eigenvalue weighted by atomic mass is 15.1. The van der Waals surface area contributed by atoms with E-state index in [9.17, 15) is 0 Å². The van der Waals surface area contributed by atoms with Gasteiger partial charge in [0.05, 0.1) is 10.8 Å². The number of para-hydroxylation sites is 4. The first-order valence-corrected chi connectivity index (χ1v) is 18.7. The zero-order chi connectivity index (χ0) is 36.5. The van der Waals surface area contributed by atoms with Crippen molar-refractivity contribution in [2.45, 2.75) is 10.8 Å². The Morgan fingerprint density at radius 3 is 0.648 bits per heavy atom. The van der Waals surface area contributed by atoms with Crippen LogP contribution in [0.15, 0.2) is 218 Å². The van der Waals surface area contributed by atoms with Gasteiger partial charge in [-0.3, -0.25) is 0 Å². The van der Waals surface area contributed by atoms with Crippen LogP contribution >= 0.6 is 0 Å². The molecule has 0 fully saturated rings. The highest BCUT2D eigenvalue weighted by Gasteiger charge is 2.46. The molecule has 0 N–H and O–H groups in total. The van der Waals surface area contributed by atoms with Crippen LogP contribution < -0.4 is 9.80 Å². The van der Waals surface area contributed by atoms with E-state index in [4.69, 9.17) is 0 Å². The van der Waals surface area contributed by atoms with Crippen LogP contribution in [0.25, 0.3) is 0 Å². The smallest absolute Gasteiger partial charge is 0.0742 e. The fraction of sp³-hybridized carbons (Fsp3) is 0.0769. The molecule has 10 rings (SSSR count). The van der Waals surface area contributed by atoms with Crippen molar-refractivity contribution in [1.29, 1.82) is 0 Å². The Kier molecular flexibility index (Phi) is 8.44. The second kappa shape index (κ2) is 13.7. The normalized spacial score (nSPS) is 14.3. The van der Waals surface area contributed by atoms with Crippen LogP contribution in [0.5, 0.6) is 0 Å². The van der Waals surface area contributed by atoms with Crippen molar-refractivity contribution >= 4 is 22.7 Å². The maximum atomic E-state index is 2.31. The molecule has 0 aliphatic carbocycles. The molecule has 2 aliphatic rings.